The molecule has 3 aromatic rings. The Morgan fingerprint density at radius 3 is 2.80 bits per heavy atom. The van der Waals surface area contributed by atoms with Crippen molar-refractivity contribution in [1.82, 2.24) is 15.2 Å². The van der Waals surface area contributed by atoms with Gasteiger partial charge in [-0.15, -0.1) is 10.2 Å². The van der Waals surface area contributed by atoms with Gasteiger partial charge in [0.15, 0.2) is 11.9 Å². The highest BCUT2D eigenvalue weighted by molar-refractivity contribution is 7.99. The van der Waals surface area contributed by atoms with Gasteiger partial charge in [0.2, 0.25) is 11.0 Å². The zero-order valence-corrected chi connectivity index (χ0v) is 17.7. The number of aromatic nitrogens is 3. The van der Waals surface area contributed by atoms with Crippen molar-refractivity contribution in [2.75, 3.05) is 17.7 Å². The summed E-state index contributed by atoms with van der Waals surface area (Å²) in [6.45, 7) is 6.31. The van der Waals surface area contributed by atoms with Gasteiger partial charge in [-0.1, -0.05) is 56.0 Å². The third-order valence-corrected chi connectivity index (χ3v) is 5.54. The molecular formula is C23H24N4O2S. The topological polar surface area (TPSA) is 69.2 Å². The van der Waals surface area contributed by atoms with Crippen LogP contribution in [0.2, 0.25) is 0 Å². The summed E-state index contributed by atoms with van der Waals surface area (Å²) in [5, 5.41) is 12.9. The summed E-state index contributed by atoms with van der Waals surface area (Å²) < 4.78 is 11.9. The number of nitrogens with one attached hydrogen (secondary N) is 1. The van der Waals surface area contributed by atoms with Gasteiger partial charge in [-0.3, -0.25) is 0 Å². The fourth-order valence-electron chi connectivity index (χ4n) is 3.06. The lowest BCUT2D eigenvalue weighted by atomic mass is 10.1. The van der Waals surface area contributed by atoms with Gasteiger partial charge in [0.05, 0.1) is 0 Å². The van der Waals surface area contributed by atoms with Gasteiger partial charge in [-0.05, 0) is 36.8 Å². The third-order valence-electron chi connectivity index (χ3n) is 4.61. The van der Waals surface area contributed by atoms with Crippen LogP contribution in [0.5, 0.6) is 11.6 Å². The highest BCUT2D eigenvalue weighted by Gasteiger charge is 2.26. The summed E-state index contributed by atoms with van der Waals surface area (Å²) in [6, 6.07) is 15.8. The SMILES string of the molecule is C=CCOc1ccc(C2Nc3ccccc3-c3nnc(SCCCC)nc3O2)cc1. The number of nitrogens with zero attached hydrogens (tertiary/aromatic N) is 3. The second-order valence-corrected chi connectivity index (χ2v) is 7.87. The molecule has 6 nitrogen and oxygen atoms in total. The van der Waals surface area contributed by atoms with Crippen LogP contribution in [0.25, 0.3) is 11.3 Å². The number of rotatable bonds is 8. The Morgan fingerprint density at radius 2 is 2.00 bits per heavy atom. The number of fused-ring (bicyclic) bond motifs is 3. The molecule has 30 heavy (non-hydrogen) atoms. The molecule has 0 amide bonds. The minimum Gasteiger partial charge on any atom is -0.490 e. The fourth-order valence-corrected chi connectivity index (χ4v) is 3.92. The minimum absolute atomic E-state index is 0.411. The number of thioether (sulfide) groups is 1. The Kier molecular flexibility index (Phi) is 6.49. The Balaban J connectivity index is 1.65. The van der Waals surface area contributed by atoms with Crippen molar-refractivity contribution in [1.29, 1.82) is 0 Å². The number of anilines is 1. The molecule has 0 saturated heterocycles. The summed E-state index contributed by atoms with van der Waals surface area (Å²) in [4.78, 5) is 4.67. The van der Waals surface area contributed by atoms with Gasteiger partial charge in [0.1, 0.15) is 12.4 Å². The minimum atomic E-state index is -0.411. The number of hydrogen-bond acceptors (Lipinski definition) is 7. The number of unbranched alkanes of at least 4 members (excludes halogenated alkanes) is 1. The van der Waals surface area contributed by atoms with Crippen LogP contribution in [-0.2, 0) is 0 Å². The summed E-state index contributed by atoms with van der Waals surface area (Å²) >= 11 is 1.60. The van der Waals surface area contributed by atoms with Gasteiger partial charge >= 0.3 is 0 Å². The normalized spacial score (nSPS) is 14.5. The lowest BCUT2D eigenvalue weighted by Crippen LogP contribution is -2.17. The molecule has 1 aliphatic rings. The van der Waals surface area contributed by atoms with Crippen molar-refractivity contribution in [3.05, 3.63) is 66.7 Å². The first kappa shape index (κ1) is 20.2. The van der Waals surface area contributed by atoms with Crippen molar-refractivity contribution in [2.24, 2.45) is 0 Å². The van der Waals surface area contributed by atoms with Crippen LogP contribution in [-0.4, -0.2) is 27.5 Å². The van der Waals surface area contributed by atoms with Crippen LogP contribution in [0.4, 0.5) is 5.69 Å². The molecule has 2 heterocycles. The second-order valence-electron chi connectivity index (χ2n) is 6.81. The first-order valence-electron chi connectivity index (χ1n) is 10.0. The monoisotopic (exact) mass is 420 g/mol. The number of benzene rings is 2. The molecule has 1 unspecified atom stereocenters. The maximum Gasteiger partial charge on any atom is 0.247 e. The molecule has 1 N–H and O–H groups in total. The molecule has 154 valence electrons. The lowest BCUT2D eigenvalue weighted by molar-refractivity contribution is 0.225. The van der Waals surface area contributed by atoms with E-state index in [9.17, 15) is 0 Å². The quantitative estimate of drug-likeness (QED) is 0.293. The number of hydrogen-bond donors (Lipinski definition) is 1. The Labute approximate surface area is 180 Å². The summed E-state index contributed by atoms with van der Waals surface area (Å²) in [5.41, 5.74) is 3.45. The van der Waals surface area contributed by atoms with E-state index in [4.69, 9.17) is 9.47 Å². The first-order valence-corrected chi connectivity index (χ1v) is 11.0. The van der Waals surface area contributed by atoms with E-state index in [-0.39, 0.29) is 0 Å². The Hall–Kier alpha value is -3.06. The smallest absolute Gasteiger partial charge is 0.247 e. The molecule has 2 aromatic carbocycles. The number of para-hydroxylation sites is 1. The molecule has 0 fully saturated rings. The van der Waals surface area contributed by atoms with E-state index in [1.807, 2.05) is 48.5 Å². The van der Waals surface area contributed by atoms with E-state index in [1.165, 1.54) is 0 Å². The molecule has 0 spiro atoms. The predicted molar refractivity (Wildman–Crippen MR) is 120 cm³/mol. The predicted octanol–water partition coefficient (Wildman–Crippen LogP) is 5.50. The number of ether oxygens (including phenoxy) is 2. The average molecular weight is 421 g/mol. The molecule has 1 aromatic heterocycles. The van der Waals surface area contributed by atoms with Crippen LogP contribution >= 0.6 is 11.8 Å². The highest BCUT2D eigenvalue weighted by Crippen LogP contribution is 2.39. The molecule has 0 aliphatic carbocycles. The van der Waals surface area contributed by atoms with Crippen molar-refractivity contribution in [3.63, 3.8) is 0 Å². The largest absolute Gasteiger partial charge is 0.490 e. The van der Waals surface area contributed by atoms with Crippen molar-refractivity contribution in [3.8, 4) is 22.9 Å². The van der Waals surface area contributed by atoms with Crippen LogP contribution in [0.3, 0.4) is 0 Å². The van der Waals surface area contributed by atoms with E-state index in [2.05, 4.69) is 34.0 Å². The molecule has 1 atom stereocenters. The summed E-state index contributed by atoms with van der Waals surface area (Å²) in [6.07, 6.45) is 3.55. The van der Waals surface area contributed by atoms with E-state index in [0.717, 1.165) is 41.2 Å². The zero-order chi connectivity index (χ0) is 20.8. The summed E-state index contributed by atoms with van der Waals surface area (Å²) in [5.74, 6) is 2.23. The molecule has 0 radical (unpaired) electrons. The standard InChI is InChI=1S/C23H24N4O2S/c1-3-5-15-30-23-25-22-20(26-27-23)18-8-6-7-9-19(18)24-21(29-22)16-10-12-17(13-11-16)28-14-4-2/h4,6-13,21,24H,2-3,5,14-15H2,1H3. The van der Waals surface area contributed by atoms with Crippen molar-refractivity contribution < 1.29 is 9.47 Å². The van der Waals surface area contributed by atoms with Gasteiger partial charge in [-0.2, -0.15) is 4.98 Å². The van der Waals surface area contributed by atoms with Crippen LogP contribution in [0, 0.1) is 0 Å². The average Bonchev–Trinajstić information content (AvgIpc) is 2.95. The molecule has 0 bridgehead atoms. The van der Waals surface area contributed by atoms with Crippen molar-refractivity contribution >= 4 is 17.4 Å². The Bertz CT molecular complexity index is 1010. The van der Waals surface area contributed by atoms with E-state index in [0.29, 0.717) is 23.3 Å². The second kappa shape index (κ2) is 9.63. The molecule has 0 saturated carbocycles. The van der Waals surface area contributed by atoms with Crippen LogP contribution < -0.4 is 14.8 Å². The fraction of sp³-hybridized carbons (Fsp3) is 0.261. The van der Waals surface area contributed by atoms with E-state index in [1.54, 1.807) is 17.8 Å². The maximum absolute atomic E-state index is 6.30. The lowest BCUT2D eigenvalue weighted by Gasteiger charge is -2.19. The third kappa shape index (κ3) is 4.57. The van der Waals surface area contributed by atoms with E-state index >= 15 is 0 Å². The van der Waals surface area contributed by atoms with Crippen LogP contribution in [0.1, 0.15) is 31.6 Å². The molecule has 4 rings (SSSR count). The molecule has 1 aliphatic heterocycles. The highest BCUT2D eigenvalue weighted by atomic mass is 32.2. The molecular weight excluding hydrogens is 396 g/mol. The van der Waals surface area contributed by atoms with E-state index < -0.39 is 6.23 Å². The van der Waals surface area contributed by atoms with Gasteiger partial charge in [0.25, 0.3) is 0 Å². The van der Waals surface area contributed by atoms with Crippen molar-refractivity contribution in [2.45, 2.75) is 31.1 Å². The van der Waals surface area contributed by atoms with Crippen LogP contribution in [0.15, 0.2) is 66.3 Å². The van der Waals surface area contributed by atoms with Gasteiger partial charge < -0.3 is 14.8 Å². The zero-order valence-electron chi connectivity index (χ0n) is 16.9. The maximum atomic E-state index is 6.30. The first-order chi connectivity index (χ1) is 14.8. The van der Waals surface area contributed by atoms with Gasteiger partial charge in [-0.25, -0.2) is 0 Å². The Morgan fingerprint density at radius 1 is 1.17 bits per heavy atom. The summed E-state index contributed by atoms with van der Waals surface area (Å²) in [7, 11) is 0. The molecule has 7 heteroatoms. The van der Waals surface area contributed by atoms with Gasteiger partial charge in [0, 0.05) is 22.6 Å².